The van der Waals surface area contributed by atoms with Crippen molar-refractivity contribution in [2.45, 2.75) is 102 Å². The van der Waals surface area contributed by atoms with Gasteiger partial charge in [0.15, 0.2) is 0 Å². The summed E-state index contributed by atoms with van der Waals surface area (Å²) in [5.41, 5.74) is 4.62. The van der Waals surface area contributed by atoms with Gasteiger partial charge in [-0.2, -0.15) is 0 Å². The average molecular weight is 750 g/mol. The zero-order valence-corrected chi connectivity index (χ0v) is 32.3. The first-order chi connectivity index (χ1) is 26.8. The summed E-state index contributed by atoms with van der Waals surface area (Å²) in [6.45, 7) is 5.37. The molecule has 9 heteroatoms. The predicted octanol–water partition coefficient (Wildman–Crippen LogP) is 7.40. The van der Waals surface area contributed by atoms with Crippen molar-refractivity contribution in [2.75, 3.05) is 31.6 Å². The van der Waals surface area contributed by atoms with Crippen LogP contribution in [0, 0.1) is 18.8 Å². The lowest BCUT2D eigenvalue weighted by Crippen LogP contribution is -2.26. The van der Waals surface area contributed by atoms with Crippen molar-refractivity contribution in [1.29, 1.82) is 0 Å². The van der Waals surface area contributed by atoms with E-state index in [1.807, 2.05) is 37.5 Å². The average Bonchev–Trinajstić information content (AvgIpc) is 3.75. The van der Waals surface area contributed by atoms with Gasteiger partial charge in [-0.3, -0.25) is 14.7 Å². The number of allylic oxidation sites excluding steroid dienone is 2. The first-order valence-corrected chi connectivity index (χ1v) is 20.2. The number of likely N-dealkylation sites (tertiary alicyclic amines) is 1. The highest BCUT2D eigenvalue weighted by atomic mass is 16.6. The molecule has 1 aliphatic carbocycles. The van der Waals surface area contributed by atoms with Crippen molar-refractivity contribution in [3.05, 3.63) is 114 Å². The minimum absolute atomic E-state index is 0.0312. The molecular weight excluding hydrogens is 691 g/mol. The second-order valence-electron chi connectivity index (χ2n) is 15.5. The van der Waals surface area contributed by atoms with E-state index in [2.05, 4.69) is 82.0 Å². The van der Waals surface area contributed by atoms with Gasteiger partial charge >= 0.3 is 5.97 Å². The number of hydrogen-bond acceptors (Lipinski definition) is 9. The van der Waals surface area contributed by atoms with Crippen LogP contribution in [0.4, 0.5) is 5.69 Å². The van der Waals surface area contributed by atoms with Crippen molar-refractivity contribution in [2.24, 2.45) is 11.8 Å². The van der Waals surface area contributed by atoms with Crippen LogP contribution < -0.4 is 10.1 Å². The Hall–Kier alpha value is -4.28. The van der Waals surface area contributed by atoms with Crippen molar-refractivity contribution in [3.8, 4) is 5.75 Å². The molecule has 2 aliphatic rings. The number of rotatable bonds is 20. The van der Waals surface area contributed by atoms with Gasteiger partial charge in [-0.25, -0.2) is 0 Å². The molecule has 1 aliphatic heterocycles. The molecule has 294 valence electrons. The van der Waals surface area contributed by atoms with Crippen LogP contribution in [0.15, 0.2) is 97.3 Å². The summed E-state index contributed by atoms with van der Waals surface area (Å²) in [4.78, 5) is 19.1. The molecule has 55 heavy (non-hydrogen) atoms. The highest BCUT2D eigenvalue weighted by Gasteiger charge is 2.40. The Bertz CT molecular complexity index is 1810. The van der Waals surface area contributed by atoms with Crippen LogP contribution in [0.2, 0.25) is 0 Å². The molecular formula is C46H59N3O6. The summed E-state index contributed by atoms with van der Waals surface area (Å²) in [6.07, 6.45) is 13.0. The van der Waals surface area contributed by atoms with Gasteiger partial charge < -0.3 is 30.1 Å². The molecule has 9 nitrogen and oxygen atoms in total. The van der Waals surface area contributed by atoms with Crippen LogP contribution in [-0.2, 0) is 22.5 Å². The normalized spacial score (nSPS) is 22.0. The number of aryl methyl sites for hydroxylation is 2. The van der Waals surface area contributed by atoms with E-state index >= 15 is 0 Å². The Morgan fingerprint density at radius 1 is 0.982 bits per heavy atom. The van der Waals surface area contributed by atoms with Gasteiger partial charge in [-0.05, 0) is 111 Å². The molecule has 1 aromatic heterocycles. The lowest BCUT2D eigenvalue weighted by molar-refractivity contribution is -0.144. The Balaban J connectivity index is 0.838. The van der Waals surface area contributed by atoms with E-state index in [1.165, 1.54) is 16.5 Å². The largest absolute Gasteiger partial charge is 0.490 e. The molecule has 2 fully saturated rings. The number of hydrogen-bond donors (Lipinski definition) is 4. The lowest BCUT2D eigenvalue weighted by atomic mass is 9.85. The highest BCUT2D eigenvalue weighted by Crippen LogP contribution is 2.38. The van der Waals surface area contributed by atoms with Crippen LogP contribution in [0.25, 0.3) is 10.8 Å². The molecule has 1 saturated carbocycles. The number of aliphatic hydroxyl groups excluding tert-OH is 3. The zero-order valence-electron chi connectivity index (χ0n) is 32.3. The summed E-state index contributed by atoms with van der Waals surface area (Å²) in [5, 5.41) is 37.9. The van der Waals surface area contributed by atoms with E-state index < -0.39 is 18.3 Å². The Morgan fingerprint density at radius 2 is 1.84 bits per heavy atom. The SMILES string of the molecule is Cc1ccc(CN2CC[C@@H](Nc3cccc4cnccc34)C2)cc1OCCOC(=O)CCCC=CC[C@@H]1[C@@H](CC[C@@H](O)CCc2ccccc2)[C@H](O)C[C@H]1O. The number of nitrogens with zero attached hydrogens (tertiary/aromatic N) is 2. The van der Waals surface area contributed by atoms with E-state index in [0.717, 1.165) is 61.3 Å². The number of aliphatic hydroxyl groups is 3. The molecule has 0 amide bonds. The fourth-order valence-corrected chi connectivity index (χ4v) is 8.25. The molecule has 2 heterocycles. The van der Waals surface area contributed by atoms with Gasteiger partial charge in [0.25, 0.3) is 0 Å². The molecule has 0 unspecified atom stereocenters. The standard InChI is InChI=1S/C46H59N3O6/c1-33-16-17-35(31-49-25-23-37(32-49)48-42-14-9-12-36-30-47-24-22-39(36)42)28-45(33)54-26-27-55-46(53)15-8-3-2-7-13-40-41(44(52)29-43(40)51)21-20-38(50)19-18-34-10-5-4-6-11-34/h2,4-7,9-12,14,16-17,22,24,28,30,37-38,40-41,43-44,48,50-52H,3,8,13,15,18-21,23,25-27,29,31-32H2,1H3/t37-,38+,40-,41-,43-,44-/m1/s1. The minimum Gasteiger partial charge on any atom is -0.490 e. The Morgan fingerprint density at radius 3 is 2.71 bits per heavy atom. The number of anilines is 1. The van der Waals surface area contributed by atoms with Gasteiger partial charge in [0.05, 0.1) is 18.3 Å². The second kappa shape index (κ2) is 20.6. The van der Waals surface area contributed by atoms with Gasteiger partial charge in [0, 0.05) is 61.0 Å². The lowest BCUT2D eigenvalue weighted by Gasteiger charge is -2.23. The first-order valence-electron chi connectivity index (χ1n) is 20.2. The number of unbranched alkanes of at least 4 members (excludes halogenated alkanes) is 1. The van der Waals surface area contributed by atoms with E-state index in [9.17, 15) is 20.1 Å². The quantitative estimate of drug-likeness (QED) is 0.0416. The number of carbonyl (C=O) groups excluding carboxylic acids is 1. The zero-order chi connectivity index (χ0) is 38.4. The molecule has 4 aromatic rings. The van der Waals surface area contributed by atoms with E-state index in [1.54, 1.807) is 0 Å². The predicted molar refractivity (Wildman–Crippen MR) is 218 cm³/mol. The smallest absolute Gasteiger partial charge is 0.305 e. The maximum absolute atomic E-state index is 12.4. The second-order valence-corrected chi connectivity index (χ2v) is 15.5. The number of pyridine rings is 1. The van der Waals surface area contributed by atoms with Crippen molar-refractivity contribution in [1.82, 2.24) is 9.88 Å². The topological polar surface area (TPSA) is 124 Å². The number of ether oxygens (including phenoxy) is 2. The summed E-state index contributed by atoms with van der Waals surface area (Å²) in [5.74, 6) is 0.518. The number of benzene rings is 3. The number of carbonyl (C=O) groups is 1. The summed E-state index contributed by atoms with van der Waals surface area (Å²) in [6, 6.07) is 25.3. The maximum atomic E-state index is 12.4. The first kappa shape index (κ1) is 40.4. The van der Waals surface area contributed by atoms with Gasteiger partial charge in [0.2, 0.25) is 0 Å². The van der Waals surface area contributed by atoms with Crippen molar-refractivity contribution >= 4 is 22.4 Å². The maximum Gasteiger partial charge on any atom is 0.305 e. The molecule has 0 radical (unpaired) electrons. The van der Waals surface area contributed by atoms with Gasteiger partial charge in [-0.15, -0.1) is 0 Å². The van der Waals surface area contributed by atoms with Crippen LogP contribution >= 0.6 is 0 Å². The molecule has 6 atom stereocenters. The van der Waals surface area contributed by atoms with Gasteiger partial charge in [-0.1, -0.05) is 66.7 Å². The summed E-state index contributed by atoms with van der Waals surface area (Å²) in [7, 11) is 0. The molecule has 0 bridgehead atoms. The minimum atomic E-state index is -0.548. The van der Waals surface area contributed by atoms with E-state index in [0.29, 0.717) is 57.6 Å². The van der Waals surface area contributed by atoms with Crippen molar-refractivity contribution < 1.29 is 29.6 Å². The number of esters is 1. The van der Waals surface area contributed by atoms with Crippen LogP contribution in [0.3, 0.4) is 0 Å². The van der Waals surface area contributed by atoms with Crippen molar-refractivity contribution in [3.63, 3.8) is 0 Å². The van der Waals surface area contributed by atoms with E-state index in [-0.39, 0.29) is 24.4 Å². The molecule has 3 aromatic carbocycles. The van der Waals surface area contributed by atoms with Crippen LogP contribution in [-0.4, -0.2) is 81.8 Å². The monoisotopic (exact) mass is 749 g/mol. The van der Waals surface area contributed by atoms with E-state index in [4.69, 9.17) is 9.47 Å². The molecule has 6 rings (SSSR count). The Labute approximate surface area is 326 Å². The summed E-state index contributed by atoms with van der Waals surface area (Å²) < 4.78 is 11.5. The third-order valence-corrected chi connectivity index (χ3v) is 11.4. The number of aromatic nitrogens is 1. The van der Waals surface area contributed by atoms with Crippen LogP contribution in [0.5, 0.6) is 5.75 Å². The highest BCUT2D eigenvalue weighted by molar-refractivity contribution is 5.93. The third kappa shape index (κ3) is 12.1. The number of fused-ring (bicyclic) bond motifs is 1. The molecule has 4 N–H and O–H groups in total. The summed E-state index contributed by atoms with van der Waals surface area (Å²) >= 11 is 0. The van der Waals surface area contributed by atoms with Crippen LogP contribution in [0.1, 0.15) is 74.5 Å². The van der Waals surface area contributed by atoms with Gasteiger partial charge in [0.1, 0.15) is 19.0 Å². The Kier molecular flexibility index (Phi) is 15.1. The molecule has 1 saturated heterocycles. The number of nitrogens with one attached hydrogen (secondary N) is 1. The molecule has 0 spiro atoms. The fourth-order valence-electron chi connectivity index (χ4n) is 8.25. The fraction of sp³-hybridized carbons (Fsp3) is 0.478. The third-order valence-electron chi connectivity index (χ3n) is 11.4.